The van der Waals surface area contributed by atoms with Gasteiger partial charge in [0.05, 0.1) is 6.42 Å². The average molecular weight is 429 g/mol. The molecular formula is C22H40N2O6. The monoisotopic (exact) mass is 428 g/mol. The third-order valence-electron chi connectivity index (χ3n) is 6.11. The second-order valence-corrected chi connectivity index (χ2v) is 9.73. The zero-order chi connectivity index (χ0) is 23.6. The number of aliphatic carboxylic acids is 2. The number of carbonyl (C=O) groups is 4. The summed E-state index contributed by atoms with van der Waals surface area (Å²) in [5.41, 5.74) is 6.78. The van der Waals surface area contributed by atoms with E-state index in [9.17, 15) is 24.3 Å². The summed E-state index contributed by atoms with van der Waals surface area (Å²) in [5, 5.41) is 18.4. The van der Waals surface area contributed by atoms with Crippen molar-refractivity contribution in [1.29, 1.82) is 0 Å². The minimum absolute atomic E-state index is 0.167. The van der Waals surface area contributed by atoms with E-state index in [0.29, 0.717) is 12.8 Å². The Hall–Kier alpha value is -2.12. The highest BCUT2D eigenvalue weighted by Crippen LogP contribution is 2.43. The smallest absolute Gasteiger partial charge is 0.329 e. The van der Waals surface area contributed by atoms with Crippen LogP contribution in [0, 0.1) is 16.2 Å². The minimum atomic E-state index is -2.42. The molecule has 0 spiro atoms. The standard InChI is InChI=1S/C22H40N2O6/c1-20(2,15-16(25)26)13-11-9-7-5-6-8-10-12-14-21(3,4)22(17(23)27,18(24)28)19(29)30/h5-15H2,1-4H3,(H2,23,27)(H2,24,28)(H,25,26)(H,29,30). The summed E-state index contributed by atoms with van der Waals surface area (Å²) in [6.45, 7) is 7.06. The number of carboxylic acids is 2. The van der Waals surface area contributed by atoms with E-state index in [-0.39, 0.29) is 11.8 Å². The van der Waals surface area contributed by atoms with Gasteiger partial charge in [-0.25, -0.2) is 0 Å². The summed E-state index contributed by atoms with van der Waals surface area (Å²) in [7, 11) is 0. The molecule has 0 aliphatic carbocycles. The van der Waals surface area contributed by atoms with E-state index in [1.807, 2.05) is 13.8 Å². The zero-order valence-corrected chi connectivity index (χ0v) is 19.0. The van der Waals surface area contributed by atoms with Crippen LogP contribution in [0.25, 0.3) is 0 Å². The first-order valence-corrected chi connectivity index (χ1v) is 10.8. The Balaban J connectivity index is 4.21. The van der Waals surface area contributed by atoms with Crippen LogP contribution in [-0.2, 0) is 19.2 Å². The molecule has 0 aliphatic rings. The topological polar surface area (TPSA) is 161 Å². The van der Waals surface area contributed by atoms with Crippen LogP contribution in [0.3, 0.4) is 0 Å². The van der Waals surface area contributed by atoms with Gasteiger partial charge < -0.3 is 21.7 Å². The summed E-state index contributed by atoms with van der Waals surface area (Å²) < 4.78 is 0. The van der Waals surface area contributed by atoms with E-state index in [4.69, 9.17) is 16.6 Å². The molecule has 0 saturated heterocycles. The fraction of sp³-hybridized carbons (Fsp3) is 0.818. The van der Waals surface area contributed by atoms with E-state index in [2.05, 4.69) is 0 Å². The summed E-state index contributed by atoms with van der Waals surface area (Å²) in [5.74, 6) is -4.80. The van der Waals surface area contributed by atoms with Gasteiger partial charge in [-0.1, -0.05) is 79.1 Å². The number of primary amides is 2. The fourth-order valence-corrected chi connectivity index (χ4v) is 4.21. The van der Waals surface area contributed by atoms with Gasteiger partial charge in [0.1, 0.15) is 0 Å². The molecule has 0 rings (SSSR count). The van der Waals surface area contributed by atoms with Crippen molar-refractivity contribution in [2.45, 2.75) is 98.3 Å². The van der Waals surface area contributed by atoms with E-state index >= 15 is 0 Å². The predicted molar refractivity (Wildman–Crippen MR) is 114 cm³/mol. The first-order valence-electron chi connectivity index (χ1n) is 10.8. The van der Waals surface area contributed by atoms with Crippen molar-refractivity contribution in [3.8, 4) is 0 Å². The Kier molecular flexibility index (Phi) is 11.1. The maximum Gasteiger partial charge on any atom is 0.329 e. The molecule has 0 aromatic carbocycles. The van der Waals surface area contributed by atoms with Crippen LogP contribution in [0.2, 0.25) is 0 Å². The Morgan fingerprint density at radius 2 is 1.03 bits per heavy atom. The number of nitrogens with two attached hydrogens (primary N) is 2. The minimum Gasteiger partial charge on any atom is -0.481 e. The summed E-state index contributed by atoms with van der Waals surface area (Å²) in [6, 6.07) is 0. The molecule has 8 heteroatoms. The third kappa shape index (κ3) is 7.95. The van der Waals surface area contributed by atoms with Gasteiger partial charge >= 0.3 is 11.9 Å². The maximum absolute atomic E-state index is 11.8. The summed E-state index contributed by atoms with van der Waals surface area (Å²) in [6.07, 6.45) is 9.29. The molecule has 0 saturated carbocycles. The molecule has 0 aromatic heterocycles. The van der Waals surface area contributed by atoms with Gasteiger partial charge in [-0.2, -0.15) is 0 Å². The van der Waals surface area contributed by atoms with Crippen molar-refractivity contribution in [1.82, 2.24) is 0 Å². The molecule has 6 N–H and O–H groups in total. The van der Waals surface area contributed by atoms with Crippen molar-refractivity contribution in [2.24, 2.45) is 27.7 Å². The van der Waals surface area contributed by atoms with Gasteiger partial charge in [-0.15, -0.1) is 0 Å². The normalized spacial score (nSPS) is 12.5. The number of rotatable bonds is 17. The SMILES string of the molecule is CC(C)(CCCCCCCCCCC(C)(C)C(C(N)=O)(C(N)=O)C(=O)O)CC(=O)O. The lowest BCUT2D eigenvalue weighted by atomic mass is 9.62. The van der Waals surface area contributed by atoms with E-state index in [1.165, 1.54) is 0 Å². The number of carbonyl (C=O) groups excluding carboxylic acids is 2. The lowest BCUT2D eigenvalue weighted by Crippen LogP contribution is -2.61. The lowest BCUT2D eigenvalue weighted by molar-refractivity contribution is -0.168. The predicted octanol–water partition coefficient (Wildman–Crippen LogP) is 3.46. The largest absolute Gasteiger partial charge is 0.481 e. The molecule has 0 atom stereocenters. The first kappa shape index (κ1) is 27.9. The number of carboxylic acid groups (broad SMARTS) is 2. The van der Waals surface area contributed by atoms with Crippen LogP contribution in [0.15, 0.2) is 0 Å². The van der Waals surface area contributed by atoms with Crippen molar-refractivity contribution >= 4 is 23.8 Å². The highest BCUT2D eigenvalue weighted by atomic mass is 16.4. The van der Waals surface area contributed by atoms with E-state index < -0.39 is 34.6 Å². The molecule has 0 aliphatic heterocycles. The van der Waals surface area contributed by atoms with Crippen LogP contribution in [0.5, 0.6) is 0 Å². The third-order valence-corrected chi connectivity index (χ3v) is 6.11. The molecule has 0 aromatic rings. The number of hydrogen-bond donors (Lipinski definition) is 4. The first-order chi connectivity index (χ1) is 13.7. The molecule has 30 heavy (non-hydrogen) atoms. The molecule has 0 heterocycles. The van der Waals surface area contributed by atoms with E-state index in [0.717, 1.165) is 51.4 Å². The van der Waals surface area contributed by atoms with Gasteiger partial charge in [0.2, 0.25) is 17.2 Å². The second-order valence-electron chi connectivity index (χ2n) is 9.73. The zero-order valence-electron chi connectivity index (χ0n) is 19.0. The van der Waals surface area contributed by atoms with Crippen LogP contribution in [0.4, 0.5) is 0 Å². The quantitative estimate of drug-likeness (QED) is 0.205. The molecule has 0 unspecified atom stereocenters. The van der Waals surface area contributed by atoms with Gasteiger partial charge in [0.25, 0.3) is 0 Å². The Morgan fingerprint density at radius 3 is 1.37 bits per heavy atom. The summed E-state index contributed by atoms with van der Waals surface area (Å²) in [4.78, 5) is 46.2. The van der Waals surface area contributed by atoms with Gasteiger partial charge in [0.15, 0.2) is 0 Å². The maximum atomic E-state index is 11.8. The van der Waals surface area contributed by atoms with Gasteiger partial charge in [0, 0.05) is 0 Å². The Bertz CT molecular complexity index is 577. The Morgan fingerprint density at radius 1 is 0.667 bits per heavy atom. The number of hydrogen-bond acceptors (Lipinski definition) is 4. The number of amides is 2. The molecular weight excluding hydrogens is 388 g/mol. The summed E-state index contributed by atoms with van der Waals surface area (Å²) >= 11 is 0. The highest BCUT2D eigenvalue weighted by Gasteiger charge is 2.61. The molecule has 0 fully saturated rings. The van der Waals surface area contributed by atoms with Crippen molar-refractivity contribution in [2.75, 3.05) is 0 Å². The van der Waals surface area contributed by atoms with E-state index in [1.54, 1.807) is 13.8 Å². The van der Waals surface area contributed by atoms with Crippen LogP contribution < -0.4 is 11.5 Å². The fourth-order valence-electron chi connectivity index (χ4n) is 4.21. The van der Waals surface area contributed by atoms with Crippen LogP contribution >= 0.6 is 0 Å². The van der Waals surface area contributed by atoms with Gasteiger partial charge in [-0.05, 0) is 23.7 Å². The second kappa shape index (κ2) is 11.9. The van der Waals surface area contributed by atoms with Crippen molar-refractivity contribution in [3.63, 3.8) is 0 Å². The average Bonchev–Trinajstić information content (AvgIpc) is 2.54. The highest BCUT2D eigenvalue weighted by molar-refractivity contribution is 6.20. The van der Waals surface area contributed by atoms with Gasteiger partial charge in [-0.3, -0.25) is 19.2 Å². The lowest BCUT2D eigenvalue weighted by Gasteiger charge is -2.38. The number of unbranched alkanes of at least 4 members (excludes halogenated alkanes) is 7. The molecule has 2 amide bonds. The molecule has 8 nitrogen and oxygen atoms in total. The Labute approximate surface area is 179 Å². The van der Waals surface area contributed by atoms with Crippen LogP contribution in [-0.4, -0.2) is 34.0 Å². The van der Waals surface area contributed by atoms with Crippen molar-refractivity contribution in [3.05, 3.63) is 0 Å². The van der Waals surface area contributed by atoms with Crippen LogP contribution in [0.1, 0.15) is 98.3 Å². The molecule has 0 radical (unpaired) electrons. The molecule has 0 bridgehead atoms. The van der Waals surface area contributed by atoms with Crippen molar-refractivity contribution < 1.29 is 29.4 Å². The molecule has 174 valence electrons.